The highest BCUT2D eigenvalue weighted by Crippen LogP contribution is 2.17. The molecular formula is C24H29N5O3S. The minimum atomic E-state index is -0.648. The number of aryl methyl sites for hydroxylation is 2. The van der Waals surface area contributed by atoms with Crippen LogP contribution >= 0.6 is 11.8 Å². The molecule has 0 fully saturated rings. The fraction of sp³-hybridized carbons (Fsp3) is 0.333. The quantitative estimate of drug-likeness (QED) is 0.443. The molecule has 0 bridgehead atoms. The van der Waals surface area contributed by atoms with E-state index in [2.05, 4.69) is 27.8 Å². The second-order valence-corrected chi connectivity index (χ2v) is 8.58. The van der Waals surface area contributed by atoms with E-state index in [1.54, 1.807) is 18.5 Å². The van der Waals surface area contributed by atoms with E-state index in [1.807, 2.05) is 55.5 Å². The molecule has 1 aromatic heterocycles. The lowest BCUT2D eigenvalue weighted by Crippen LogP contribution is -2.36. The van der Waals surface area contributed by atoms with Gasteiger partial charge in [0.1, 0.15) is 5.75 Å². The topological polar surface area (TPSA) is 98.1 Å². The molecule has 0 saturated carbocycles. The van der Waals surface area contributed by atoms with Gasteiger partial charge in [0.25, 0.3) is 5.91 Å². The maximum Gasteiger partial charge on any atom is 0.261 e. The highest BCUT2D eigenvalue weighted by atomic mass is 32.2. The van der Waals surface area contributed by atoms with Gasteiger partial charge in [0.05, 0.1) is 12.3 Å². The molecule has 0 saturated heterocycles. The molecule has 1 heterocycles. The first-order valence-corrected chi connectivity index (χ1v) is 11.7. The predicted octanol–water partition coefficient (Wildman–Crippen LogP) is 3.50. The van der Waals surface area contributed by atoms with E-state index in [0.717, 1.165) is 17.7 Å². The fourth-order valence-electron chi connectivity index (χ4n) is 2.96. The Bertz CT molecular complexity index is 1080. The Balaban J connectivity index is 1.46. The number of carbonyl (C=O) groups is 2. The number of rotatable bonds is 10. The summed E-state index contributed by atoms with van der Waals surface area (Å²) in [5.41, 5.74) is 3.10. The molecule has 3 rings (SSSR count). The van der Waals surface area contributed by atoms with Crippen molar-refractivity contribution in [3.8, 4) is 5.75 Å². The van der Waals surface area contributed by atoms with Crippen LogP contribution in [0.3, 0.4) is 0 Å². The average Bonchev–Trinajstić information content (AvgIpc) is 3.17. The third-order valence-corrected chi connectivity index (χ3v) is 6.05. The normalized spacial score (nSPS) is 11.6. The number of thioether (sulfide) groups is 1. The van der Waals surface area contributed by atoms with Gasteiger partial charge in [-0.25, -0.2) is 0 Å². The highest BCUT2D eigenvalue weighted by molar-refractivity contribution is 7.99. The van der Waals surface area contributed by atoms with Crippen LogP contribution in [0.2, 0.25) is 0 Å². The lowest BCUT2D eigenvalue weighted by atomic mass is 10.2. The predicted molar refractivity (Wildman–Crippen MR) is 129 cm³/mol. The zero-order valence-corrected chi connectivity index (χ0v) is 20.1. The Morgan fingerprint density at radius 1 is 1.09 bits per heavy atom. The number of hydrogen-bond acceptors (Lipinski definition) is 6. The van der Waals surface area contributed by atoms with Crippen LogP contribution in [0.25, 0.3) is 0 Å². The second-order valence-electron chi connectivity index (χ2n) is 7.64. The van der Waals surface area contributed by atoms with Crippen molar-refractivity contribution in [3.63, 3.8) is 0 Å². The smallest absolute Gasteiger partial charge is 0.261 e. The second kappa shape index (κ2) is 11.5. The van der Waals surface area contributed by atoms with Gasteiger partial charge in [-0.15, -0.1) is 10.2 Å². The first kappa shape index (κ1) is 24.3. The number of nitrogens with zero attached hydrogens (tertiary/aromatic N) is 3. The molecule has 0 radical (unpaired) electrons. The van der Waals surface area contributed by atoms with Crippen LogP contribution in [0.1, 0.15) is 30.8 Å². The van der Waals surface area contributed by atoms with Crippen LogP contribution in [-0.4, -0.2) is 38.4 Å². The summed E-state index contributed by atoms with van der Waals surface area (Å²) < 4.78 is 7.48. The van der Waals surface area contributed by atoms with Crippen molar-refractivity contribution in [2.24, 2.45) is 7.05 Å². The number of amides is 2. The summed E-state index contributed by atoms with van der Waals surface area (Å²) in [5.74, 6) is 1.07. The number of anilines is 1. The van der Waals surface area contributed by atoms with Gasteiger partial charge in [0, 0.05) is 12.7 Å². The molecule has 0 aliphatic carbocycles. The number of nitrogens with one attached hydrogen (secondary N) is 2. The molecule has 33 heavy (non-hydrogen) atoms. The van der Waals surface area contributed by atoms with Gasteiger partial charge in [0.2, 0.25) is 5.91 Å². The van der Waals surface area contributed by atoms with Crippen molar-refractivity contribution in [3.05, 3.63) is 65.5 Å². The summed E-state index contributed by atoms with van der Waals surface area (Å²) >= 11 is 1.28. The first-order valence-electron chi connectivity index (χ1n) is 10.8. The average molecular weight is 468 g/mol. The maximum absolute atomic E-state index is 12.4. The lowest BCUT2D eigenvalue weighted by Gasteiger charge is -2.15. The van der Waals surface area contributed by atoms with E-state index < -0.39 is 6.10 Å². The number of ether oxygens (including phenoxy) is 1. The van der Waals surface area contributed by atoms with Crippen LogP contribution in [0.5, 0.6) is 5.75 Å². The highest BCUT2D eigenvalue weighted by Gasteiger charge is 2.17. The number of carbonyl (C=O) groups excluding carboxylic acids is 2. The monoisotopic (exact) mass is 467 g/mol. The Labute approximate surface area is 198 Å². The third-order valence-electron chi connectivity index (χ3n) is 5.03. The van der Waals surface area contributed by atoms with Gasteiger partial charge in [-0.05, 0) is 50.1 Å². The Morgan fingerprint density at radius 2 is 1.79 bits per heavy atom. The van der Waals surface area contributed by atoms with Crippen molar-refractivity contribution in [1.82, 2.24) is 20.1 Å². The van der Waals surface area contributed by atoms with E-state index in [4.69, 9.17) is 4.74 Å². The van der Waals surface area contributed by atoms with Gasteiger partial charge in [-0.2, -0.15) is 0 Å². The van der Waals surface area contributed by atoms with Gasteiger partial charge >= 0.3 is 0 Å². The van der Waals surface area contributed by atoms with E-state index in [1.165, 1.54) is 17.3 Å². The Kier molecular flexibility index (Phi) is 8.48. The van der Waals surface area contributed by atoms with Crippen LogP contribution in [-0.2, 0) is 29.6 Å². The summed E-state index contributed by atoms with van der Waals surface area (Å²) in [4.78, 5) is 24.6. The van der Waals surface area contributed by atoms with Gasteiger partial charge in [-0.1, -0.05) is 48.5 Å². The third kappa shape index (κ3) is 7.08. The molecule has 2 amide bonds. The van der Waals surface area contributed by atoms with E-state index in [9.17, 15) is 9.59 Å². The van der Waals surface area contributed by atoms with Crippen molar-refractivity contribution < 1.29 is 14.3 Å². The maximum atomic E-state index is 12.4. The summed E-state index contributed by atoms with van der Waals surface area (Å²) in [6, 6.07) is 15.3. The molecule has 0 spiro atoms. The van der Waals surface area contributed by atoms with Crippen LogP contribution in [0.4, 0.5) is 5.69 Å². The molecule has 0 aliphatic rings. The number of benzene rings is 2. The first-order chi connectivity index (χ1) is 15.9. The van der Waals surface area contributed by atoms with Gasteiger partial charge in [-0.3, -0.25) is 9.59 Å². The Morgan fingerprint density at radius 3 is 2.45 bits per heavy atom. The van der Waals surface area contributed by atoms with Gasteiger partial charge < -0.3 is 19.9 Å². The Hall–Kier alpha value is -3.33. The van der Waals surface area contributed by atoms with Crippen LogP contribution in [0.15, 0.2) is 53.7 Å². The van der Waals surface area contributed by atoms with Gasteiger partial charge in [0.15, 0.2) is 17.1 Å². The van der Waals surface area contributed by atoms with E-state index >= 15 is 0 Å². The van der Waals surface area contributed by atoms with E-state index in [0.29, 0.717) is 16.7 Å². The van der Waals surface area contributed by atoms with Crippen LogP contribution < -0.4 is 15.4 Å². The molecule has 9 heteroatoms. The summed E-state index contributed by atoms with van der Waals surface area (Å²) in [6.45, 7) is 5.99. The minimum Gasteiger partial charge on any atom is -0.481 e. The minimum absolute atomic E-state index is 0.125. The van der Waals surface area contributed by atoms with Crippen molar-refractivity contribution >= 4 is 29.3 Å². The van der Waals surface area contributed by atoms with Crippen molar-refractivity contribution in [1.29, 1.82) is 0 Å². The molecule has 1 atom stereocenters. The molecule has 174 valence electrons. The van der Waals surface area contributed by atoms with Crippen molar-refractivity contribution in [2.75, 3.05) is 11.1 Å². The van der Waals surface area contributed by atoms with Crippen molar-refractivity contribution in [2.45, 2.75) is 45.0 Å². The molecule has 3 aromatic rings. The molecular weight excluding hydrogens is 438 g/mol. The standard InChI is InChI=1S/C24H29N5O3S/c1-5-18-8-12-20(13-9-18)32-17(3)23(31)25-14-21-27-28-24(29(21)4)33-15-22(30)26-19-10-6-16(2)7-11-19/h6-13,17H,5,14-15H2,1-4H3,(H,25,31)(H,26,30)/t17-/m0/s1. The van der Waals surface area contributed by atoms with E-state index in [-0.39, 0.29) is 24.1 Å². The largest absolute Gasteiger partial charge is 0.481 e. The molecule has 8 nitrogen and oxygen atoms in total. The molecule has 0 unspecified atom stereocenters. The summed E-state index contributed by atoms with van der Waals surface area (Å²) in [5, 5.41) is 14.5. The lowest BCUT2D eigenvalue weighted by molar-refractivity contribution is -0.127. The summed E-state index contributed by atoms with van der Waals surface area (Å²) in [6.07, 6.45) is 0.302. The molecule has 2 aromatic carbocycles. The summed E-state index contributed by atoms with van der Waals surface area (Å²) in [7, 11) is 1.80. The molecule has 0 aliphatic heterocycles. The molecule has 2 N–H and O–H groups in total. The fourth-order valence-corrected chi connectivity index (χ4v) is 3.69. The zero-order valence-electron chi connectivity index (χ0n) is 19.3. The van der Waals surface area contributed by atoms with Crippen LogP contribution in [0, 0.1) is 6.92 Å². The zero-order chi connectivity index (χ0) is 23.8. The number of hydrogen-bond donors (Lipinski definition) is 2. The number of aromatic nitrogens is 3. The SMILES string of the molecule is CCc1ccc(O[C@@H](C)C(=O)NCc2nnc(SCC(=O)Nc3ccc(C)cc3)n2C)cc1.